The number of anilines is 1. The number of nitrogens with zero attached hydrogens (tertiary/aromatic N) is 2. The normalized spacial score (nSPS) is 10.9. The zero-order valence-corrected chi connectivity index (χ0v) is 17.4. The number of nitrogens with one attached hydrogen (secondary N) is 1. The van der Waals surface area contributed by atoms with E-state index in [4.69, 9.17) is 11.6 Å². The van der Waals surface area contributed by atoms with Gasteiger partial charge >= 0.3 is 0 Å². The van der Waals surface area contributed by atoms with Crippen LogP contribution in [-0.4, -0.2) is 21.2 Å². The fourth-order valence-corrected chi connectivity index (χ4v) is 3.43. The van der Waals surface area contributed by atoms with Gasteiger partial charge in [0.2, 0.25) is 11.7 Å². The van der Waals surface area contributed by atoms with E-state index in [0.29, 0.717) is 16.1 Å². The Bertz CT molecular complexity index is 1260. The van der Waals surface area contributed by atoms with Gasteiger partial charge in [-0.2, -0.15) is 0 Å². The molecule has 3 aromatic carbocycles. The average molecular weight is 418 g/mol. The lowest BCUT2D eigenvalue weighted by molar-refractivity contribution is -0.116. The number of ketones is 1. The van der Waals surface area contributed by atoms with Gasteiger partial charge in [0.15, 0.2) is 5.82 Å². The number of para-hydroxylation sites is 2. The van der Waals surface area contributed by atoms with Crippen LogP contribution < -0.4 is 5.32 Å². The number of imidazole rings is 1. The molecule has 1 N–H and O–H groups in total. The molecule has 1 aromatic heterocycles. The monoisotopic (exact) mass is 417 g/mol. The zero-order chi connectivity index (χ0) is 21.3. The molecule has 150 valence electrons. The van der Waals surface area contributed by atoms with E-state index in [9.17, 15) is 9.59 Å². The van der Waals surface area contributed by atoms with Crippen molar-refractivity contribution in [3.05, 3.63) is 94.3 Å². The van der Waals surface area contributed by atoms with Gasteiger partial charge in [-0.15, -0.1) is 0 Å². The summed E-state index contributed by atoms with van der Waals surface area (Å²) in [4.78, 5) is 30.4. The standard InChI is InChI=1S/C24H20ClN3O2/c1-15-7-12-19(13-16(15)2)26-22(29)14-28-21-6-4-3-5-20(21)27-24(28)23(30)17-8-10-18(25)11-9-17/h3-13H,14H2,1-2H3,(H,26,29). The Morgan fingerprint density at radius 1 is 0.967 bits per heavy atom. The molecule has 5 nitrogen and oxygen atoms in total. The van der Waals surface area contributed by atoms with Crippen molar-refractivity contribution < 1.29 is 9.59 Å². The number of benzene rings is 3. The molecule has 0 bridgehead atoms. The first-order chi connectivity index (χ1) is 14.4. The van der Waals surface area contributed by atoms with Crippen molar-refractivity contribution in [2.24, 2.45) is 0 Å². The molecule has 0 aliphatic carbocycles. The fourth-order valence-electron chi connectivity index (χ4n) is 3.30. The summed E-state index contributed by atoms with van der Waals surface area (Å²) in [6, 6.07) is 19.8. The van der Waals surface area contributed by atoms with Gasteiger partial charge in [-0.25, -0.2) is 4.98 Å². The summed E-state index contributed by atoms with van der Waals surface area (Å²) in [6.45, 7) is 3.99. The maximum absolute atomic E-state index is 13.1. The molecule has 0 fully saturated rings. The number of amides is 1. The second-order valence-electron chi connectivity index (χ2n) is 7.19. The van der Waals surface area contributed by atoms with Crippen LogP contribution in [-0.2, 0) is 11.3 Å². The summed E-state index contributed by atoms with van der Waals surface area (Å²) < 4.78 is 1.66. The van der Waals surface area contributed by atoms with Crippen LogP contribution in [0, 0.1) is 13.8 Å². The number of fused-ring (bicyclic) bond motifs is 1. The molecule has 0 unspecified atom stereocenters. The van der Waals surface area contributed by atoms with Crippen LogP contribution in [0.1, 0.15) is 27.3 Å². The minimum absolute atomic E-state index is 0.0257. The lowest BCUT2D eigenvalue weighted by Gasteiger charge is -2.11. The lowest BCUT2D eigenvalue weighted by Crippen LogP contribution is -2.22. The molecule has 1 heterocycles. The third-order valence-electron chi connectivity index (χ3n) is 5.06. The van der Waals surface area contributed by atoms with E-state index in [1.54, 1.807) is 28.8 Å². The van der Waals surface area contributed by atoms with E-state index >= 15 is 0 Å². The summed E-state index contributed by atoms with van der Waals surface area (Å²) in [5.41, 5.74) is 4.83. The van der Waals surface area contributed by atoms with Crippen LogP contribution >= 0.6 is 11.6 Å². The zero-order valence-electron chi connectivity index (χ0n) is 16.6. The van der Waals surface area contributed by atoms with Crippen LogP contribution in [0.4, 0.5) is 5.69 Å². The van der Waals surface area contributed by atoms with E-state index in [1.807, 2.05) is 56.3 Å². The number of hydrogen-bond acceptors (Lipinski definition) is 3. The van der Waals surface area contributed by atoms with Gasteiger partial charge in [-0.3, -0.25) is 9.59 Å². The van der Waals surface area contributed by atoms with E-state index < -0.39 is 0 Å². The molecular formula is C24H20ClN3O2. The van der Waals surface area contributed by atoms with Crippen molar-refractivity contribution in [3.63, 3.8) is 0 Å². The van der Waals surface area contributed by atoms with Crippen LogP contribution in [0.3, 0.4) is 0 Å². The number of rotatable bonds is 5. The average Bonchev–Trinajstić information content (AvgIpc) is 3.09. The molecule has 0 atom stereocenters. The highest BCUT2D eigenvalue weighted by Crippen LogP contribution is 2.20. The van der Waals surface area contributed by atoms with Crippen LogP contribution in [0.5, 0.6) is 0 Å². The molecule has 0 aliphatic rings. The molecule has 0 saturated heterocycles. The Hall–Kier alpha value is -3.44. The molecule has 4 aromatic rings. The van der Waals surface area contributed by atoms with Crippen molar-refractivity contribution in [2.45, 2.75) is 20.4 Å². The number of aromatic nitrogens is 2. The summed E-state index contributed by atoms with van der Waals surface area (Å²) in [6.07, 6.45) is 0. The first-order valence-corrected chi connectivity index (χ1v) is 9.93. The van der Waals surface area contributed by atoms with Crippen LogP contribution in [0.25, 0.3) is 11.0 Å². The SMILES string of the molecule is Cc1ccc(NC(=O)Cn2c(C(=O)c3ccc(Cl)cc3)nc3ccccc32)cc1C. The molecule has 0 radical (unpaired) electrons. The first kappa shape index (κ1) is 19.9. The quantitative estimate of drug-likeness (QED) is 0.455. The largest absolute Gasteiger partial charge is 0.325 e. The highest BCUT2D eigenvalue weighted by atomic mass is 35.5. The Morgan fingerprint density at radius 3 is 2.43 bits per heavy atom. The molecule has 30 heavy (non-hydrogen) atoms. The first-order valence-electron chi connectivity index (χ1n) is 9.55. The van der Waals surface area contributed by atoms with Crippen molar-refractivity contribution in [3.8, 4) is 0 Å². The Balaban J connectivity index is 1.67. The van der Waals surface area contributed by atoms with E-state index in [1.165, 1.54) is 0 Å². The Kier molecular flexibility index (Phi) is 5.38. The van der Waals surface area contributed by atoms with E-state index in [-0.39, 0.29) is 24.1 Å². The predicted molar refractivity (Wildman–Crippen MR) is 119 cm³/mol. The van der Waals surface area contributed by atoms with Crippen molar-refractivity contribution in [1.29, 1.82) is 0 Å². The number of hydrogen-bond donors (Lipinski definition) is 1. The van der Waals surface area contributed by atoms with E-state index in [2.05, 4.69) is 10.3 Å². The second-order valence-corrected chi connectivity index (χ2v) is 7.63. The minimum atomic E-state index is -0.262. The minimum Gasteiger partial charge on any atom is -0.325 e. The van der Waals surface area contributed by atoms with Gasteiger partial charge in [0.1, 0.15) is 6.54 Å². The predicted octanol–water partition coefficient (Wildman–Crippen LogP) is 5.18. The van der Waals surface area contributed by atoms with Crippen molar-refractivity contribution in [2.75, 3.05) is 5.32 Å². The Morgan fingerprint density at radius 2 is 1.70 bits per heavy atom. The topological polar surface area (TPSA) is 64.0 Å². The lowest BCUT2D eigenvalue weighted by atomic mass is 10.1. The van der Waals surface area contributed by atoms with Gasteiger partial charge in [0.25, 0.3) is 0 Å². The molecule has 1 amide bonds. The molecule has 0 aliphatic heterocycles. The van der Waals surface area contributed by atoms with Gasteiger partial charge < -0.3 is 9.88 Å². The highest BCUT2D eigenvalue weighted by Gasteiger charge is 2.21. The van der Waals surface area contributed by atoms with Gasteiger partial charge in [-0.05, 0) is 73.5 Å². The third kappa shape index (κ3) is 3.98. The maximum atomic E-state index is 13.1. The second kappa shape index (κ2) is 8.13. The number of aryl methyl sites for hydroxylation is 2. The molecule has 4 rings (SSSR count). The Labute approximate surface area is 179 Å². The summed E-state index contributed by atoms with van der Waals surface area (Å²) in [5.74, 6) is -0.276. The van der Waals surface area contributed by atoms with Gasteiger partial charge in [-0.1, -0.05) is 29.8 Å². The summed E-state index contributed by atoms with van der Waals surface area (Å²) >= 11 is 5.94. The maximum Gasteiger partial charge on any atom is 0.244 e. The van der Waals surface area contributed by atoms with Crippen molar-refractivity contribution in [1.82, 2.24) is 9.55 Å². The fraction of sp³-hybridized carbons (Fsp3) is 0.125. The number of carbonyl (C=O) groups excluding carboxylic acids is 2. The smallest absolute Gasteiger partial charge is 0.244 e. The van der Waals surface area contributed by atoms with Crippen LogP contribution in [0.2, 0.25) is 5.02 Å². The molecule has 0 saturated carbocycles. The third-order valence-corrected chi connectivity index (χ3v) is 5.31. The highest BCUT2D eigenvalue weighted by molar-refractivity contribution is 6.30. The van der Waals surface area contributed by atoms with Crippen LogP contribution in [0.15, 0.2) is 66.7 Å². The van der Waals surface area contributed by atoms with Gasteiger partial charge in [0.05, 0.1) is 11.0 Å². The van der Waals surface area contributed by atoms with E-state index in [0.717, 1.165) is 22.3 Å². The number of halogens is 1. The summed E-state index contributed by atoms with van der Waals surface area (Å²) in [5, 5.41) is 3.46. The number of carbonyl (C=O) groups is 2. The van der Waals surface area contributed by atoms with Crippen molar-refractivity contribution >= 4 is 40.0 Å². The molecular weight excluding hydrogens is 398 g/mol. The summed E-state index contributed by atoms with van der Waals surface area (Å²) in [7, 11) is 0. The molecule has 6 heteroatoms. The van der Waals surface area contributed by atoms with Gasteiger partial charge in [0, 0.05) is 16.3 Å². The molecule has 0 spiro atoms.